The molecule has 0 unspecified atom stereocenters. The van der Waals surface area contributed by atoms with Gasteiger partial charge in [0.25, 0.3) is 0 Å². The lowest BCUT2D eigenvalue weighted by Crippen LogP contribution is -1.84. The highest BCUT2D eigenvalue weighted by atomic mass is 79.9. The number of hydrogen-bond acceptors (Lipinski definition) is 3. The minimum absolute atomic E-state index is 1.10. The molecule has 0 aliphatic heterocycles. The first-order valence-corrected chi connectivity index (χ1v) is 8.04. The van der Waals surface area contributed by atoms with Crippen molar-refractivity contribution >= 4 is 43.6 Å². The molecule has 0 aromatic carbocycles. The minimum atomic E-state index is 1.10. The number of hydrogen-bond donors (Lipinski definition) is 0. The molecule has 17 heavy (non-hydrogen) atoms. The average molecular weight is 325 g/mol. The van der Waals surface area contributed by atoms with E-state index in [1.807, 2.05) is 11.3 Å². The topological polar surface area (TPSA) is 17.3 Å². The zero-order valence-corrected chi connectivity index (χ0v) is 12.2. The van der Waals surface area contributed by atoms with Crippen molar-refractivity contribution in [3.63, 3.8) is 0 Å². The van der Waals surface area contributed by atoms with Gasteiger partial charge in [-0.15, -0.1) is 22.7 Å². The summed E-state index contributed by atoms with van der Waals surface area (Å²) in [4.78, 5) is 8.65. The normalized spacial score (nSPS) is 14.6. The number of rotatable bonds is 1. The van der Waals surface area contributed by atoms with Gasteiger partial charge in [0, 0.05) is 26.6 Å². The van der Waals surface area contributed by atoms with Crippen LogP contribution in [0.25, 0.3) is 15.5 Å². The van der Waals surface area contributed by atoms with Crippen LogP contribution in [0.5, 0.6) is 0 Å². The predicted molar refractivity (Wildman–Crippen MR) is 76.1 cm³/mol. The molecule has 3 heterocycles. The molecule has 0 amide bonds. The summed E-state index contributed by atoms with van der Waals surface area (Å²) in [5, 5.41) is 2.10. The van der Waals surface area contributed by atoms with Gasteiger partial charge in [-0.05, 0) is 41.3 Å². The van der Waals surface area contributed by atoms with Crippen LogP contribution in [0, 0.1) is 0 Å². The number of thiophene rings is 1. The Kier molecular flexibility index (Phi) is 2.22. The molecule has 0 spiro atoms. The highest BCUT2D eigenvalue weighted by molar-refractivity contribution is 9.10. The molecule has 0 fully saturated rings. The number of aryl methyl sites for hydroxylation is 2. The van der Waals surface area contributed by atoms with Gasteiger partial charge in [-0.1, -0.05) is 0 Å². The predicted octanol–water partition coefficient (Wildman–Crippen LogP) is 4.38. The highest BCUT2D eigenvalue weighted by Gasteiger charge is 2.19. The van der Waals surface area contributed by atoms with Crippen LogP contribution in [0.3, 0.4) is 0 Å². The zero-order valence-electron chi connectivity index (χ0n) is 8.94. The van der Waals surface area contributed by atoms with Gasteiger partial charge in [-0.2, -0.15) is 0 Å². The second-order valence-corrected chi connectivity index (χ2v) is 7.12. The van der Waals surface area contributed by atoms with Gasteiger partial charge in [0.05, 0.1) is 4.88 Å². The SMILES string of the molecule is Brc1csc(-c2cn3c4c(sc3n2)CCC4)c1. The van der Waals surface area contributed by atoms with E-state index in [1.54, 1.807) is 11.3 Å². The van der Waals surface area contributed by atoms with Crippen LogP contribution in [-0.4, -0.2) is 9.38 Å². The summed E-state index contributed by atoms with van der Waals surface area (Å²) in [6, 6.07) is 2.14. The highest BCUT2D eigenvalue weighted by Crippen LogP contribution is 2.35. The Labute approximate surface area is 115 Å². The van der Waals surface area contributed by atoms with Gasteiger partial charge in [0.15, 0.2) is 4.96 Å². The summed E-state index contributed by atoms with van der Waals surface area (Å²) in [5.41, 5.74) is 2.58. The summed E-state index contributed by atoms with van der Waals surface area (Å²) in [7, 11) is 0. The fourth-order valence-corrected chi connectivity index (χ4v) is 4.94. The largest absolute Gasteiger partial charge is 0.294 e. The molecule has 1 aliphatic rings. The Morgan fingerprint density at radius 1 is 1.35 bits per heavy atom. The molecule has 0 N–H and O–H groups in total. The van der Waals surface area contributed by atoms with Crippen molar-refractivity contribution < 1.29 is 0 Å². The van der Waals surface area contributed by atoms with Crippen LogP contribution >= 0.6 is 38.6 Å². The van der Waals surface area contributed by atoms with Gasteiger partial charge in [-0.25, -0.2) is 4.98 Å². The van der Waals surface area contributed by atoms with Gasteiger partial charge in [0.1, 0.15) is 5.69 Å². The molecule has 0 saturated carbocycles. The van der Waals surface area contributed by atoms with Crippen molar-refractivity contribution in [1.82, 2.24) is 9.38 Å². The van der Waals surface area contributed by atoms with E-state index in [2.05, 4.69) is 38.0 Å². The van der Waals surface area contributed by atoms with E-state index in [4.69, 9.17) is 4.98 Å². The van der Waals surface area contributed by atoms with Gasteiger partial charge < -0.3 is 0 Å². The number of aromatic nitrogens is 2. The number of fused-ring (bicyclic) bond motifs is 3. The van der Waals surface area contributed by atoms with E-state index < -0.39 is 0 Å². The van der Waals surface area contributed by atoms with Crippen LogP contribution in [0.2, 0.25) is 0 Å². The fraction of sp³-hybridized carbons (Fsp3) is 0.250. The Morgan fingerprint density at radius 2 is 2.29 bits per heavy atom. The Bertz CT molecular complexity index is 707. The molecule has 0 radical (unpaired) electrons. The van der Waals surface area contributed by atoms with E-state index >= 15 is 0 Å². The molecule has 0 saturated heterocycles. The van der Waals surface area contributed by atoms with Gasteiger partial charge >= 0.3 is 0 Å². The maximum absolute atomic E-state index is 4.73. The van der Waals surface area contributed by atoms with E-state index in [9.17, 15) is 0 Å². The van der Waals surface area contributed by atoms with Crippen LogP contribution in [0.4, 0.5) is 0 Å². The molecule has 86 valence electrons. The number of nitrogens with zero attached hydrogens (tertiary/aromatic N) is 2. The Hall–Kier alpha value is -0.650. The molecule has 0 bridgehead atoms. The van der Waals surface area contributed by atoms with E-state index in [-0.39, 0.29) is 0 Å². The Balaban J connectivity index is 1.90. The molecule has 3 aromatic rings. The summed E-state index contributed by atoms with van der Waals surface area (Å²) < 4.78 is 3.43. The summed E-state index contributed by atoms with van der Waals surface area (Å²) >= 11 is 7.08. The van der Waals surface area contributed by atoms with Crippen LogP contribution in [0.1, 0.15) is 17.0 Å². The van der Waals surface area contributed by atoms with E-state index in [0.717, 1.165) is 15.1 Å². The van der Waals surface area contributed by atoms with Crippen LogP contribution in [-0.2, 0) is 12.8 Å². The van der Waals surface area contributed by atoms with Crippen molar-refractivity contribution in [2.24, 2.45) is 0 Å². The third-order valence-corrected chi connectivity index (χ3v) is 6.01. The summed E-state index contributed by atoms with van der Waals surface area (Å²) in [5.74, 6) is 0. The molecule has 4 rings (SSSR count). The van der Waals surface area contributed by atoms with Gasteiger partial charge in [0.2, 0.25) is 0 Å². The first-order chi connectivity index (χ1) is 8.31. The number of thiazole rings is 1. The molecule has 1 aliphatic carbocycles. The molecule has 5 heteroatoms. The maximum atomic E-state index is 4.73. The van der Waals surface area contributed by atoms with E-state index in [0.29, 0.717) is 0 Å². The standard InChI is InChI=1S/C12H9BrN2S2/c13-7-4-11(16-6-7)8-5-15-9-2-1-3-10(9)17-12(15)14-8/h4-6H,1-3H2. The van der Waals surface area contributed by atoms with Crippen molar-refractivity contribution in [3.05, 3.63) is 32.7 Å². The summed E-state index contributed by atoms with van der Waals surface area (Å²) in [6.45, 7) is 0. The lowest BCUT2D eigenvalue weighted by molar-refractivity contribution is 0.888. The monoisotopic (exact) mass is 324 g/mol. The quantitative estimate of drug-likeness (QED) is 0.649. The van der Waals surface area contributed by atoms with Crippen LogP contribution < -0.4 is 0 Å². The second-order valence-electron chi connectivity index (χ2n) is 4.23. The van der Waals surface area contributed by atoms with Crippen molar-refractivity contribution in [1.29, 1.82) is 0 Å². The first-order valence-electron chi connectivity index (χ1n) is 5.55. The van der Waals surface area contributed by atoms with Crippen molar-refractivity contribution in [2.45, 2.75) is 19.3 Å². The average Bonchev–Trinajstić information content (AvgIpc) is 2.95. The lowest BCUT2D eigenvalue weighted by Gasteiger charge is -1.90. The van der Waals surface area contributed by atoms with Crippen molar-refractivity contribution in [2.75, 3.05) is 0 Å². The molecule has 2 nitrogen and oxygen atoms in total. The van der Waals surface area contributed by atoms with Gasteiger partial charge in [-0.3, -0.25) is 4.40 Å². The zero-order chi connectivity index (χ0) is 11.4. The smallest absolute Gasteiger partial charge is 0.194 e. The lowest BCUT2D eigenvalue weighted by atomic mass is 10.3. The Morgan fingerprint density at radius 3 is 3.12 bits per heavy atom. The number of halogens is 1. The van der Waals surface area contributed by atoms with E-state index in [1.165, 1.54) is 34.7 Å². The molecule has 3 aromatic heterocycles. The van der Waals surface area contributed by atoms with Crippen LogP contribution in [0.15, 0.2) is 22.1 Å². The number of imidazole rings is 1. The summed E-state index contributed by atoms with van der Waals surface area (Å²) in [6.07, 6.45) is 5.94. The van der Waals surface area contributed by atoms with Crippen molar-refractivity contribution in [3.8, 4) is 10.6 Å². The first kappa shape index (κ1) is 10.3. The minimum Gasteiger partial charge on any atom is -0.294 e. The third kappa shape index (κ3) is 1.53. The maximum Gasteiger partial charge on any atom is 0.194 e. The molecular weight excluding hydrogens is 316 g/mol. The fourth-order valence-electron chi connectivity index (χ4n) is 2.37. The second kappa shape index (κ2) is 3.67. The molecular formula is C12H9BrN2S2. The molecule has 0 atom stereocenters. The third-order valence-electron chi connectivity index (χ3n) is 3.14.